The Balaban J connectivity index is 2.42. The van der Waals surface area contributed by atoms with Crippen molar-refractivity contribution >= 4 is 31.0 Å². The van der Waals surface area contributed by atoms with Crippen LogP contribution >= 0.6 is 0 Å². The lowest BCUT2D eigenvalue weighted by atomic mass is 10.1. The molecular weight excluding hydrogens is 244 g/mol. The minimum atomic E-state index is 0.638. The summed E-state index contributed by atoms with van der Waals surface area (Å²) in [7, 11) is 0.638. The maximum absolute atomic E-state index is 4.07. The molecule has 0 aliphatic heterocycles. The van der Waals surface area contributed by atoms with Gasteiger partial charge in [-0.1, -0.05) is 83.2 Å². The molecule has 0 unspecified atom stereocenters. The molecule has 0 spiro atoms. The van der Waals surface area contributed by atoms with Gasteiger partial charge in [-0.2, -0.15) is 0 Å². The highest BCUT2D eigenvalue weighted by Gasteiger charge is 2.08. The zero-order valence-corrected chi connectivity index (χ0v) is 12.5. The van der Waals surface area contributed by atoms with E-state index in [9.17, 15) is 0 Å². The van der Waals surface area contributed by atoms with Crippen molar-refractivity contribution in [2.75, 3.05) is 0 Å². The van der Waals surface area contributed by atoms with Crippen LogP contribution in [-0.2, 0) is 0 Å². The lowest BCUT2D eigenvalue weighted by Crippen LogP contribution is -2.31. The van der Waals surface area contributed by atoms with E-state index in [0.717, 1.165) is 11.1 Å². The van der Waals surface area contributed by atoms with Crippen LogP contribution < -0.4 is 10.4 Å². The second kappa shape index (κ2) is 5.85. The second-order valence-electron chi connectivity index (χ2n) is 4.78. The van der Waals surface area contributed by atoms with E-state index in [4.69, 9.17) is 0 Å². The second-order valence-corrected chi connectivity index (χ2v) is 6.10. The smallest absolute Gasteiger partial charge is 0.0955 e. The zero-order chi connectivity index (χ0) is 13.8. The van der Waals surface area contributed by atoms with Gasteiger partial charge in [-0.15, -0.1) is 0 Å². The van der Waals surface area contributed by atoms with Gasteiger partial charge in [0.15, 0.2) is 0 Å². The third kappa shape index (κ3) is 3.12. The Labute approximate surface area is 118 Å². The van der Waals surface area contributed by atoms with Crippen LogP contribution in [0.1, 0.15) is 25.0 Å². The van der Waals surface area contributed by atoms with Gasteiger partial charge in [0.1, 0.15) is 9.52 Å². The van der Waals surface area contributed by atoms with E-state index in [1.807, 2.05) is 0 Å². The highest BCUT2D eigenvalue weighted by Crippen LogP contribution is 2.10. The first-order chi connectivity index (χ1) is 9.09. The van der Waals surface area contributed by atoms with E-state index >= 15 is 0 Å². The predicted molar refractivity (Wildman–Crippen MR) is 87.3 cm³/mol. The van der Waals surface area contributed by atoms with E-state index in [-0.39, 0.29) is 0 Å². The first-order valence-electron chi connectivity index (χ1n) is 6.36. The number of hydrogen-bond acceptors (Lipinski definition) is 0. The summed E-state index contributed by atoms with van der Waals surface area (Å²) in [5.74, 6) is 0. The predicted octanol–water partition coefficient (Wildman–Crippen LogP) is 3.41. The minimum absolute atomic E-state index is 0.638. The molecule has 94 valence electrons. The zero-order valence-electron chi connectivity index (χ0n) is 11.5. The quantitative estimate of drug-likeness (QED) is 0.741. The van der Waals surface area contributed by atoms with Gasteiger partial charge in [0.05, 0.1) is 0 Å². The van der Waals surface area contributed by atoms with Gasteiger partial charge in [0.2, 0.25) is 0 Å². The molecule has 2 aromatic carbocycles. The van der Waals surface area contributed by atoms with Gasteiger partial charge in [-0.3, -0.25) is 0 Å². The van der Waals surface area contributed by atoms with E-state index in [1.54, 1.807) is 0 Å². The lowest BCUT2D eigenvalue weighted by Gasteiger charge is -2.12. The molecule has 19 heavy (non-hydrogen) atoms. The molecule has 0 fully saturated rings. The van der Waals surface area contributed by atoms with Crippen LogP contribution in [0.15, 0.2) is 61.7 Å². The largest absolute Gasteiger partial charge is 0.123 e. The molecule has 0 aliphatic carbocycles. The van der Waals surface area contributed by atoms with Crippen molar-refractivity contribution in [3.63, 3.8) is 0 Å². The molecule has 0 saturated carbocycles. The summed E-state index contributed by atoms with van der Waals surface area (Å²) >= 11 is 0. The van der Waals surface area contributed by atoms with E-state index in [2.05, 4.69) is 75.5 Å². The van der Waals surface area contributed by atoms with Crippen LogP contribution in [0.4, 0.5) is 0 Å². The maximum atomic E-state index is 4.07. The van der Waals surface area contributed by atoms with Gasteiger partial charge >= 0.3 is 0 Å². The van der Waals surface area contributed by atoms with Crippen molar-refractivity contribution in [3.8, 4) is 0 Å². The monoisotopic (exact) mass is 262 g/mol. The van der Waals surface area contributed by atoms with Gasteiger partial charge in [-0.25, -0.2) is 0 Å². The van der Waals surface area contributed by atoms with Crippen LogP contribution in [0.3, 0.4) is 0 Å². The molecule has 1 heteroatoms. The number of allylic oxidation sites excluding steroid dienone is 2. The highest BCUT2D eigenvalue weighted by molar-refractivity contribution is 6.69. The van der Waals surface area contributed by atoms with Gasteiger partial charge in [0, 0.05) is 0 Å². The first kappa shape index (κ1) is 13.6. The molecule has 0 nitrogen and oxygen atoms in total. The van der Waals surface area contributed by atoms with Gasteiger partial charge in [-0.05, 0) is 25.0 Å². The van der Waals surface area contributed by atoms with Gasteiger partial charge in [0.25, 0.3) is 0 Å². The minimum Gasteiger partial charge on any atom is -0.0955 e. The molecule has 0 atom stereocenters. The van der Waals surface area contributed by atoms with Crippen LogP contribution in [0.25, 0.3) is 11.1 Å². The molecule has 2 rings (SSSR count). The van der Waals surface area contributed by atoms with Crippen LogP contribution in [-0.4, -0.2) is 9.52 Å². The van der Waals surface area contributed by atoms with Crippen molar-refractivity contribution in [3.05, 3.63) is 72.8 Å². The summed E-state index contributed by atoms with van der Waals surface area (Å²) < 4.78 is 0. The Hall–Kier alpha value is -1.86. The average molecular weight is 262 g/mol. The third-order valence-corrected chi connectivity index (χ3v) is 4.45. The Morgan fingerprint density at radius 2 is 1.11 bits per heavy atom. The van der Waals surface area contributed by atoms with Crippen molar-refractivity contribution in [2.24, 2.45) is 0 Å². The van der Waals surface area contributed by atoms with E-state index < -0.39 is 0 Å². The standard InChI is InChI=1S/C18H18Si/c1-13(2)15-9-5-7-11-17(15)19-18-12-8-6-10-16(18)14(3)4/h5-12H,1,3H2,2,4H3. The summed E-state index contributed by atoms with van der Waals surface area (Å²) in [6.45, 7) is 12.3. The summed E-state index contributed by atoms with van der Waals surface area (Å²) in [4.78, 5) is 0. The topological polar surface area (TPSA) is 0 Å². The number of hydrogen-bond donors (Lipinski definition) is 0. The molecule has 0 aromatic heterocycles. The summed E-state index contributed by atoms with van der Waals surface area (Å²) in [6, 6.07) is 17.0. The highest BCUT2D eigenvalue weighted by atomic mass is 28.2. The number of rotatable bonds is 4. The third-order valence-electron chi connectivity index (χ3n) is 3.04. The van der Waals surface area contributed by atoms with Crippen LogP contribution in [0, 0.1) is 0 Å². The molecule has 0 bridgehead atoms. The average Bonchev–Trinajstić information content (AvgIpc) is 2.39. The first-order valence-corrected chi connectivity index (χ1v) is 7.36. The fraction of sp³-hybridized carbons (Fsp3) is 0.111. The Morgan fingerprint density at radius 3 is 1.47 bits per heavy atom. The Kier molecular flexibility index (Phi) is 4.18. The normalized spacial score (nSPS) is 10.2. The number of benzene rings is 2. The fourth-order valence-corrected chi connectivity index (χ4v) is 3.59. The van der Waals surface area contributed by atoms with Gasteiger partial charge < -0.3 is 0 Å². The Morgan fingerprint density at radius 1 is 0.737 bits per heavy atom. The SMILES string of the molecule is C=C(C)c1ccccc1[Si]c1ccccc1C(=C)C. The molecule has 0 saturated heterocycles. The van der Waals surface area contributed by atoms with Crippen molar-refractivity contribution in [2.45, 2.75) is 13.8 Å². The summed E-state index contributed by atoms with van der Waals surface area (Å²) in [6.07, 6.45) is 0. The molecule has 2 radical (unpaired) electrons. The van der Waals surface area contributed by atoms with Crippen LogP contribution in [0.2, 0.25) is 0 Å². The molecular formula is C18H18Si. The molecule has 0 heterocycles. The van der Waals surface area contributed by atoms with Crippen molar-refractivity contribution in [1.82, 2.24) is 0 Å². The lowest BCUT2D eigenvalue weighted by molar-refractivity contribution is 1.61. The molecule has 0 aliphatic rings. The molecule has 2 aromatic rings. The Bertz CT molecular complexity index is 568. The van der Waals surface area contributed by atoms with Crippen molar-refractivity contribution in [1.29, 1.82) is 0 Å². The van der Waals surface area contributed by atoms with E-state index in [1.165, 1.54) is 21.5 Å². The fourth-order valence-electron chi connectivity index (χ4n) is 2.07. The summed E-state index contributed by atoms with van der Waals surface area (Å²) in [5, 5.41) is 2.70. The van der Waals surface area contributed by atoms with Crippen molar-refractivity contribution < 1.29 is 0 Å². The summed E-state index contributed by atoms with van der Waals surface area (Å²) in [5.41, 5.74) is 4.77. The molecule has 0 amide bonds. The van der Waals surface area contributed by atoms with Crippen LogP contribution in [0.5, 0.6) is 0 Å². The van der Waals surface area contributed by atoms with E-state index in [0.29, 0.717) is 9.52 Å². The maximum Gasteiger partial charge on any atom is 0.123 e. The molecule has 0 N–H and O–H groups in total.